The zero-order valence-electron chi connectivity index (χ0n) is 11.9. The Kier molecular flexibility index (Phi) is 6.10. The van der Waals surface area contributed by atoms with E-state index in [1.807, 2.05) is 6.92 Å². The molecule has 0 radical (unpaired) electrons. The lowest BCUT2D eigenvalue weighted by Gasteiger charge is -2.14. The van der Waals surface area contributed by atoms with Crippen LogP contribution in [0.1, 0.15) is 35.9 Å². The van der Waals surface area contributed by atoms with Crippen molar-refractivity contribution in [2.45, 2.75) is 26.2 Å². The van der Waals surface area contributed by atoms with Gasteiger partial charge in [-0.1, -0.05) is 13.3 Å². The lowest BCUT2D eigenvalue weighted by Crippen LogP contribution is -2.30. The van der Waals surface area contributed by atoms with E-state index >= 15 is 0 Å². The molecule has 8 nitrogen and oxygen atoms in total. The van der Waals surface area contributed by atoms with Crippen molar-refractivity contribution in [3.63, 3.8) is 0 Å². The number of likely N-dealkylation sites (tertiary alicyclic amines) is 1. The number of H-pyrrole nitrogens is 1. The first-order valence-corrected chi connectivity index (χ1v) is 6.79. The Morgan fingerprint density at radius 2 is 2.33 bits per heavy atom. The van der Waals surface area contributed by atoms with Crippen LogP contribution in [0.3, 0.4) is 0 Å². The predicted octanol–water partition coefficient (Wildman–Crippen LogP) is 1.11. The first-order chi connectivity index (χ1) is 9.58. The number of rotatable bonds is 5. The smallest absolute Gasteiger partial charge is 0.322 e. The van der Waals surface area contributed by atoms with Gasteiger partial charge in [-0.15, -0.1) is 12.4 Å². The van der Waals surface area contributed by atoms with Gasteiger partial charge in [0.05, 0.1) is 4.92 Å². The second kappa shape index (κ2) is 7.37. The average molecular weight is 318 g/mol. The van der Waals surface area contributed by atoms with Gasteiger partial charge >= 0.3 is 5.69 Å². The van der Waals surface area contributed by atoms with Gasteiger partial charge in [0, 0.05) is 13.1 Å². The van der Waals surface area contributed by atoms with E-state index in [0.717, 1.165) is 12.8 Å². The van der Waals surface area contributed by atoms with Gasteiger partial charge in [0.25, 0.3) is 5.91 Å². The Hall–Kier alpha value is -1.67. The zero-order valence-corrected chi connectivity index (χ0v) is 12.7. The van der Waals surface area contributed by atoms with Crippen molar-refractivity contribution >= 4 is 24.0 Å². The third kappa shape index (κ3) is 3.51. The first-order valence-electron chi connectivity index (χ1n) is 6.79. The minimum absolute atomic E-state index is 0. The molecule has 118 valence electrons. The maximum absolute atomic E-state index is 12.3. The molecule has 1 fully saturated rings. The number of nitrogens with two attached hydrogens (primary N) is 1. The van der Waals surface area contributed by atoms with E-state index in [1.54, 1.807) is 4.90 Å². The Labute approximate surface area is 128 Å². The van der Waals surface area contributed by atoms with Crippen LogP contribution in [0.4, 0.5) is 5.69 Å². The van der Waals surface area contributed by atoms with Gasteiger partial charge in [0.2, 0.25) is 5.69 Å². The average Bonchev–Trinajstić information content (AvgIpc) is 3.04. The van der Waals surface area contributed by atoms with Crippen LogP contribution in [0.15, 0.2) is 0 Å². The van der Waals surface area contributed by atoms with Crippen molar-refractivity contribution in [1.82, 2.24) is 15.1 Å². The van der Waals surface area contributed by atoms with E-state index in [2.05, 4.69) is 10.2 Å². The second-order valence-electron chi connectivity index (χ2n) is 5.05. The molecule has 1 amide bonds. The number of amides is 1. The molecule has 0 aliphatic carbocycles. The number of hydrogen-bond acceptors (Lipinski definition) is 5. The number of carbonyl (C=O) groups excluding carboxylic acids is 1. The summed E-state index contributed by atoms with van der Waals surface area (Å²) in [6.45, 7) is 3.56. The van der Waals surface area contributed by atoms with E-state index in [-0.39, 0.29) is 35.6 Å². The fourth-order valence-electron chi connectivity index (χ4n) is 2.50. The van der Waals surface area contributed by atoms with E-state index in [1.165, 1.54) is 0 Å². The molecule has 0 saturated carbocycles. The van der Waals surface area contributed by atoms with Crippen LogP contribution in [0.2, 0.25) is 0 Å². The number of aromatic amines is 1. The van der Waals surface area contributed by atoms with Crippen LogP contribution in [-0.4, -0.2) is 45.6 Å². The molecule has 1 aromatic rings. The Morgan fingerprint density at radius 1 is 1.62 bits per heavy atom. The molecule has 2 rings (SSSR count). The number of halogens is 1. The SMILES string of the molecule is CCCc1[nH]nc(C(=O)N2CCC(CN)C2)c1[N+](=O)[O-].Cl. The van der Waals surface area contributed by atoms with Gasteiger partial charge in [0.1, 0.15) is 5.69 Å². The summed E-state index contributed by atoms with van der Waals surface area (Å²) in [5.41, 5.74) is 5.73. The standard InChI is InChI=1S/C12H19N5O3.ClH/c1-2-3-9-11(17(19)20)10(15-14-9)12(18)16-5-4-8(6-13)7-16;/h8H,2-7,13H2,1H3,(H,14,15);1H. The van der Waals surface area contributed by atoms with Crippen molar-refractivity contribution in [1.29, 1.82) is 0 Å². The highest BCUT2D eigenvalue weighted by atomic mass is 35.5. The van der Waals surface area contributed by atoms with Crippen molar-refractivity contribution in [2.75, 3.05) is 19.6 Å². The van der Waals surface area contributed by atoms with Crippen LogP contribution in [-0.2, 0) is 6.42 Å². The minimum atomic E-state index is -0.530. The van der Waals surface area contributed by atoms with Crippen LogP contribution in [0.5, 0.6) is 0 Å². The van der Waals surface area contributed by atoms with Gasteiger partial charge in [-0.2, -0.15) is 5.10 Å². The van der Waals surface area contributed by atoms with Gasteiger partial charge in [-0.05, 0) is 25.3 Å². The molecule has 1 saturated heterocycles. The van der Waals surface area contributed by atoms with Gasteiger partial charge in [-0.3, -0.25) is 20.0 Å². The maximum Gasteiger partial charge on any atom is 0.322 e. The van der Waals surface area contributed by atoms with E-state index in [0.29, 0.717) is 31.7 Å². The van der Waals surface area contributed by atoms with Gasteiger partial charge < -0.3 is 10.6 Å². The maximum atomic E-state index is 12.3. The van der Waals surface area contributed by atoms with E-state index in [4.69, 9.17) is 5.73 Å². The molecule has 21 heavy (non-hydrogen) atoms. The van der Waals surface area contributed by atoms with Crippen LogP contribution in [0.25, 0.3) is 0 Å². The van der Waals surface area contributed by atoms with Gasteiger partial charge in [0.15, 0.2) is 0 Å². The van der Waals surface area contributed by atoms with E-state index in [9.17, 15) is 14.9 Å². The number of aromatic nitrogens is 2. The molecule has 1 aromatic heterocycles. The molecule has 0 spiro atoms. The first kappa shape index (κ1) is 17.4. The summed E-state index contributed by atoms with van der Waals surface area (Å²) in [4.78, 5) is 24.6. The molecule has 1 atom stereocenters. The van der Waals surface area contributed by atoms with Crippen LogP contribution < -0.4 is 5.73 Å². The van der Waals surface area contributed by atoms with Gasteiger partial charge in [-0.25, -0.2) is 0 Å². The number of carbonyl (C=O) groups is 1. The number of aryl methyl sites for hydroxylation is 1. The summed E-state index contributed by atoms with van der Waals surface area (Å²) in [6, 6.07) is 0. The number of hydrogen-bond donors (Lipinski definition) is 2. The minimum Gasteiger partial charge on any atom is -0.337 e. The normalized spacial score (nSPS) is 17.6. The lowest BCUT2D eigenvalue weighted by atomic mass is 10.1. The summed E-state index contributed by atoms with van der Waals surface area (Å²) in [7, 11) is 0. The fraction of sp³-hybridized carbons (Fsp3) is 0.667. The van der Waals surface area contributed by atoms with Crippen LogP contribution in [0, 0.1) is 16.0 Å². The fourth-order valence-corrected chi connectivity index (χ4v) is 2.50. The summed E-state index contributed by atoms with van der Waals surface area (Å²) in [6.07, 6.45) is 2.08. The molecule has 1 aliphatic rings. The number of nitrogens with one attached hydrogen (secondary N) is 1. The van der Waals surface area contributed by atoms with Crippen molar-refractivity contribution < 1.29 is 9.72 Å². The molecule has 1 unspecified atom stereocenters. The zero-order chi connectivity index (χ0) is 14.7. The molecule has 0 aromatic carbocycles. The summed E-state index contributed by atoms with van der Waals surface area (Å²) in [5.74, 6) is -0.113. The van der Waals surface area contributed by atoms with E-state index < -0.39 is 4.92 Å². The highest BCUT2D eigenvalue weighted by molar-refractivity contribution is 5.96. The number of nitro groups is 1. The summed E-state index contributed by atoms with van der Waals surface area (Å²) in [5, 5.41) is 17.7. The van der Waals surface area contributed by atoms with Crippen molar-refractivity contribution in [3.8, 4) is 0 Å². The highest BCUT2D eigenvalue weighted by Gasteiger charge is 2.34. The molecule has 0 bridgehead atoms. The molecular formula is C12H20ClN5O3. The monoisotopic (exact) mass is 317 g/mol. The highest BCUT2D eigenvalue weighted by Crippen LogP contribution is 2.25. The molecule has 3 N–H and O–H groups in total. The quantitative estimate of drug-likeness (QED) is 0.623. The number of nitrogens with zero attached hydrogens (tertiary/aromatic N) is 3. The van der Waals surface area contributed by atoms with Crippen LogP contribution >= 0.6 is 12.4 Å². The Balaban J connectivity index is 0.00000220. The topological polar surface area (TPSA) is 118 Å². The summed E-state index contributed by atoms with van der Waals surface area (Å²) < 4.78 is 0. The molecular weight excluding hydrogens is 298 g/mol. The third-order valence-electron chi connectivity index (χ3n) is 3.60. The molecule has 9 heteroatoms. The summed E-state index contributed by atoms with van der Waals surface area (Å²) >= 11 is 0. The van der Waals surface area contributed by atoms with Crippen molar-refractivity contribution in [3.05, 3.63) is 21.5 Å². The largest absolute Gasteiger partial charge is 0.337 e. The molecule has 2 heterocycles. The Morgan fingerprint density at radius 3 is 2.86 bits per heavy atom. The predicted molar refractivity (Wildman–Crippen MR) is 79.6 cm³/mol. The second-order valence-corrected chi connectivity index (χ2v) is 5.05. The molecule has 1 aliphatic heterocycles. The Bertz CT molecular complexity index is 519. The van der Waals surface area contributed by atoms with Crippen molar-refractivity contribution in [2.24, 2.45) is 11.7 Å². The third-order valence-corrected chi connectivity index (χ3v) is 3.60. The lowest BCUT2D eigenvalue weighted by molar-refractivity contribution is -0.385.